The maximum absolute atomic E-state index is 12.2. The predicted octanol–water partition coefficient (Wildman–Crippen LogP) is 5.20. The molecule has 176 valence electrons. The fraction of sp³-hybridized carbons (Fsp3) is 0.875. The topological polar surface area (TPSA) is 92.7 Å². The number of nitrogens with one attached hydrogen (secondary N) is 1. The van der Waals surface area contributed by atoms with Crippen molar-refractivity contribution in [3.63, 3.8) is 0 Å². The van der Waals surface area contributed by atoms with Gasteiger partial charge in [-0.3, -0.25) is 9.59 Å². The molecule has 0 saturated heterocycles. The zero-order valence-corrected chi connectivity index (χ0v) is 19.5. The number of aliphatic hydroxyl groups excluding tert-OH is 1. The van der Waals surface area contributed by atoms with Gasteiger partial charge in [-0.15, -0.1) is 0 Å². The third-order valence-corrected chi connectivity index (χ3v) is 5.26. The molecule has 0 unspecified atom stereocenters. The van der Waals surface area contributed by atoms with Crippen LogP contribution in [-0.2, 0) is 19.1 Å². The summed E-state index contributed by atoms with van der Waals surface area (Å²) < 4.78 is 4.85. The van der Waals surface area contributed by atoms with Crippen molar-refractivity contribution < 1.29 is 24.2 Å². The van der Waals surface area contributed by atoms with E-state index in [4.69, 9.17) is 4.74 Å². The molecule has 0 fully saturated rings. The van der Waals surface area contributed by atoms with Gasteiger partial charge in [0.15, 0.2) is 6.04 Å². The molecular formula is C24H45NO5. The molecule has 0 heterocycles. The van der Waals surface area contributed by atoms with Gasteiger partial charge in [-0.1, -0.05) is 90.9 Å². The molecule has 0 aromatic carbocycles. The number of carbonyl (C=O) groups excluding carboxylic acids is 3. The van der Waals surface area contributed by atoms with Gasteiger partial charge in [-0.2, -0.15) is 0 Å². The standard InChI is InChI=1S/C24H45NO5/c1-4-6-8-10-12-14-16-18-21(27)25-23(20(3)26)24(29)30-22(28)19-17-15-13-11-9-7-5-2/h20,23,26H,4-19H2,1-3H3,(H,25,27)/t20-,23+/m1/s1. The van der Waals surface area contributed by atoms with Gasteiger partial charge >= 0.3 is 11.9 Å². The van der Waals surface area contributed by atoms with Crippen molar-refractivity contribution in [2.45, 2.75) is 136 Å². The van der Waals surface area contributed by atoms with Gasteiger partial charge in [-0.05, 0) is 19.8 Å². The Hall–Kier alpha value is -1.43. The normalized spacial score (nSPS) is 12.9. The first-order valence-corrected chi connectivity index (χ1v) is 12.1. The summed E-state index contributed by atoms with van der Waals surface area (Å²) in [7, 11) is 0. The van der Waals surface area contributed by atoms with Crippen LogP contribution in [0.5, 0.6) is 0 Å². The highest BCUT2D eigenvalue weighted by atomic mass is 16.6. The number of hydrogen-bond donors (Lipinski definition) is 2. The number of rotatable bonds is 19. The number of hydrogen-bond acceptors (Lipinski definition) is 5. The highest BCUT2D eigenvalue weighted by Gasteiger charge is 2.28. The van der Waals surface area contributed by atoms with E-state index < -0.39 is 24.1 Å². The zero-order chi connectivity index (χ0) is 22.6. The summed E-state index contributed by atoms with van der Waals surface area (Å²) in [5.41, 5.74) is 0. The highest BCUT2D eigenvalue weighted by Crippen LogP contribution is 2.10. The molecule has 6 heteroatoms. The number of unbranched alkanes of at least 4 members (excludes halogenated alkanes) is 12. The monoisotopic (exact) mass is 427 g/mol. The molecule has 0 saturated carbocycles. The molecule has 2 atom stereocenters. The maximum Gasteiger partial charge on any atom is 0.338 e. The number of ether oxygens (including phenoxy) is 1. The number of carbonyl (C=O) groups is 3. The lowest BCUT2D eigenvalue weighted by atomic mass is 10.1. The Morgan fingerprint density at radius 2 is 1.17 bits per heavy atom. The van der Waals surface area contributed by atoms with E-state index in [1.807, 2.05) is 0 Å². The van der Waals surface area contributed by atoms with E-state index in [9.17, 15) is 19.5 Å². The first kappa shape index (κ1) is 28.6. The SMILES string of the molecule is CCCCCCCCCC(=O)N[C@H](C(=O)OC(=O)CCCCCCCCC)[C@@H](C)O. The van der Waals surface area contributed by atoms with Crippen LogP contribution >= 0.6 is 0 Å². The number of amides is 1. The van der Waals surface area contributed by atoms with E-state index in [1.54, 1.807) is 0 Å². The fourth-order valence-corrected chi connectivity index (χ4v) is 3.32. The minimum atomic E-state index is -1.21. The predicted molar refractivity (Wildman–Crippen MR) is 120 cm³/mol. The van der Waals surface area contributed by atoms with Crippen molar-refractivity contribution in [3.8, 4) is 0 Å². The quantitative estimate of drug-likeness (QED) is 0.168. The molecule has 0 radical (unpaired) electrons. The Labute approximate surface area is 183 Å². The van der Waals surface area contributed by atoms with E-state index in [-0.39, 0.29) is 12.3 Å². The molecule has 0 bridgehead atoms. The number of aliphatic hydroxyl groups is 1. The molecule has 0 aliphatic heterocycles. The van der Waals surface area contributed by atoms with Gasteiger partial charge in [0.2, 0.25) is 5.91 Å². The minimum absolute atomic E-state index is 0.179. The first-order valence-electron chi connectivity index (χ1n) is 12.1. The average Bonchev–Trinajstić information content (AvgIpc) is 2.70. The van der Waals surface area contributed by atoms with Crippen LogP contribution < -0.4 is 5.32 Å². The van der Waals surface area contributed by atoms with Crippen LogP contribution in [0.3, 0.4) is 0 Å². The third-order valence-electron chi connectivity index (χ3n) is 5.26. The number of esters is 2. The van der Waals surface area contributed by atoms with Crippen LogP contribution in [0, 0.1) is 0 Å². The van der Waals surface area contributed by atoms with Crippen molar-refractivity contribution in [1.29, 1.82) is 0 Å². The highest BCUT2D eigenvalue weighted by molar-refractivity contribution is 5.91. The second kappa shape index (κ2) is 19.5. The van der Waals surface area contributed by atoms with Crippen molar-refractivity contribution in [1.82, 2.24) is 5.32 Å². The second-order valence-electron chi connectivity index (χ2n) is 8.32. The first-order chi connectivity index (χ1) is 14.4. The van der Waals surface area contributed by atoms with Gasteiger partial charge in [0, 0.05) is 12.8 Å². The molecular weight excluding hydrogens is 382 g/mol. The van der Waals surface area contributed by atoms with Crippen LogP contribution in [0.25, 0.3) is 0 Å². The smallest absolute Gasteiger partial charge is 0.338 e. The molecule has 30 heavy (non-hydrogen) atoms. The molecule has 0 aliphatic rings. The van der Waals surface area contributed by atoms with Gasteiger partial charge in [-0.25, -0.2) is 4.79 Å². The molecule has 0 rings (SSSR count). The lowest BCUT2D eigenvalue weighted by molar-refractivity contribution is -0.163. The Morgan fingerprint density at radius 1 is 0.733 bits per heavy atom. The summed E-state index contributed by atoms with van der Waals surface area (Å²) in [5.74, 6) is -1.78. The molecule has 0 aromatic heterocycles. The van der Waals surface area contributed by atoms with Gasteiger partial charge < -0.3 is 15.2 Å². The Morgan fingerprint density at radius 3 is 1.63 bits per heavy atom. The van der Waals surface area contributed by atoms with Gasteiger partial charge in [0.25, 0.3) is 0 Å². The molecule has 0 aromatic rings. The lowest BCUT2D eigenvalue weighted by Gasteiger charge is -2.19. The van der Waals surface area contributed by atoms with Crippen molar-refractivity contribution in [2.75, 3.05) is 0 Å². The Balaban J connectivity index is 4.06. The maximum atomic E-state index is 12.2. The van der Waals surface area contributed by atoms with Crippen molar-refractivity contribution in [2.24, 2.45) is 0 Å². The van der Waals surface area contributed by atoms with Crippen molar-refractivity contribution >= 4 is 17.8 Å². The van der Waals surface area contributed by atoms with Crippen LogP contribution in [0.15, 0.2) is 0 Å². The molecule has 1 amide bonds. The van der Waals surface area contributed by atoms with Crippen LogP contribution in [-0.4, -0.2) is 35.1 Å². The van der Waals surface area contributed by atoms with Crippen LogP contribution in [0.1, 0.15) is 124 Å². The van der Waals surface area contributed by atoms with E-state index in [1.165, 1.54) is 51.9 Å². The third kappa shape index (κ3) is 16.4. The van der Waals surface area contributed by atoms with E-state index >= 15 is 0 Å². The molecule has 0 spiro atoms. The summed E-state index contributed by atoms with van der Waals surface area (Å²) in [4.78, 5) is 36.2. The van der Waals surface area contributed by atoms with E-state index in [0.717, 1.165) is 38.5 Å². The Bertz CT molecular complexity index is 465. The van der Waals surface area contributed by atoms with E-state index in [0.29, 0.717) is 12.8 Å². The van der Waals surface area contributed by atoms with Gasteiger partial charge in [0.1, 0.15) is 0 Å². The zero-order valence-electron chi connectivity index (χ0n) is 19.5. The summed E-state index contributed by atoms with van der Waals surface area (Å²) >= 11 is 0. The lowest BCUT2D eigenvalue weighted by Crippen LogP contribution is -2.49. The minimum Gasteiger partial charge on any atom is -0.392 e. The Kier molecular flexibility index (Phi) is 18.6. The summed E-state index contributed by atoms with van der Waals surface area (Å²) in [6, 6.07) is -1.21. The average molecular weight is 428 g/mol. The molecule has 0 aliphatic carbocycles. The van der Waals surface area contributed by atoms with Crippen LogP contribution in [0.2, 0.25) is 0 Å². The fourth-order valence-electron chi connectivity index (χ4n) is 3.32. The van der Waals surface area contributed by atoms with Gasteiger partial charge in [0.05, 0.1) is 6.10 Å². The second-order valence-corrected chi connectivity index (χ2v) is 8.32. The van der Waals surface area contributed by atoms with E-state index in [2.05, 4.69) is 19.2 Å². The summed E-state index contributed by atoms with van der Waals surface area (Å²) in [5, 5.41) is 12.3. The molecule has 6 nitrogen and oxygen atoms in total. The summed E-state index contributed by atoms with van der Waals surface area (Å²) in [6.45, 7) is 5.75. The molecule has 2 N–H and O–H groups in total. The van der Waals surface area contributed by atoms with Crippen LogP contribution in [0.4, 0.5) is 0 Å². The largest absolute Gasteiger partial charge is 0.392 e. The van der Waals surface area contributed by atoms with Crippen molar-refractivity contribution in [3.05, 3.63) is 0 Å². The summed E-state index contributed by atoms with van der Waals surface area (Å²) in [6.07, 6.45) is 14.5.